The van der Waals surface area contributed by atoms with Gasteiger partial charge in [-0.05, 0) is 19.3 Å². The van der Waals surface area contributed by atoms with Crippen LogP contribution >= 0.6 is 0 Å². The first kappa shape index (κ1) is 12.8. The van der Waals surface area contributed by atoms with Gasteiger partial charge in [0.15, 0.2) is 6.10 Å². The van der Waals surface area contributed by atoms with Crippen LogP contribution in [0.4, 0.5) is 13.2 Å². The van der Waals surface area contributed by atoms with E-state index < -0.39 is 24.2 Å². The van der Waals surface area contributed by atoms with Crippen LogP contribution in [0.25, 0.3) is 0 Å². The smallest absolute Gasteiger partial charge is 0.440 e. The third-order valence-corrected chi connectivity index (χ3v) is 2.53. The number of nitriles is 1. The molecule has 0 heterocycles. The molecule has 1 aliphatic rings. The van der Waals surface area contributed by atoms with Gasteiger partial charge in [0.2, 0.25) is 0 Å². The predicted molar refractivity (Wildman–Crippen MR) is 46.9 cm³/mol. The molecule has 0 bridgehead atoms. The maximum Gasteiger partial charge on any atom is 0.490 e. The third-order valence-electron chi connectivity index (χ3n) is 2.53. The molecule has 90 valence electrons. The molecule has 0 aromatic heterocycles. The van der Waals surface area contributed by atoms with E-state index in [4.69, 9.17) is 11.0 Å². The molecule has 1 fully saturated rings. The van der Waals surface area contributed by atoms with Gasteiger partial charge in [-0.2, -0.15) is 18.4 Å². The Balaban J connectivity index is 2.57. The van der Waals surface area contributed by atoms with Gasteiger partial charge in [-0.15, -0.1) is 0 Å². The lowest BCUT2D eigenvalue weighted by Gasteiger charge is -2.17. The number of rotatable bonds is 2. The van der Waals surface area contributed by atoms with E-state index in [0.29, 0.717) is 19.3 Å². The summed E-state index contributed by atoms with van der Waals surface area (Å²) in [5.74, 6) is -2.72. The first-order chi connectivity index (χ1) is 7.34. The van der Waals surface area contributed by atoms with Crippen LogP contribution in [0.1, 0.15) is 19.3 Å². The second-order valence-corrected chi connectivity index (χ2v) is 3.79. The molecule has 2 N–H and O–H groups in total. The highest BCUT2D eigenvalue weighted by molar-refractivity contribution is 5.76. The van der Waals surface area contributed by atoms with Gasteiger partial charge in [-0.25, -0.2) is 4.79 Å². The molecule has 1 unspecified atom stereocenters. The van der Waals surface area contributed by atoms with Crippen LogP contribution in [-0.4, -0.2) is 24.3 Å². The summed E-state index contributed by atoms with van der Waals surface area (Å²) in [6, 6.07) is 1.44. The first-order valence-electron chi connectivity index (χ1n) is 4.77. The highest BCUT2D eigenvalue weighted by Gasteiger charge is 2.44. The standard InChI is InChI=1S/C9H11F3N2O2/c10-9(11,12)8(15)16-7(4-13)5-1-2-6(14)3-5/h5-7H,1-3,14H2/t5-,6+,7?/m0/s1. The molecule has 0 spiro atoms. The minimum atomic E-state index is -5.06. The lowest BCUT2D eigenvalue weighted by molar-refractivity contribution is -0.204. The van der Waals surface area contributed by atoms with Gasteiger partial charge < -0.3 is 10.5 Å². The van der Waals surface area contributed by atoms with Crippen molar-refractivity contribution in [3.8, 4) is 6.07 Å². The van der Waals surface area contributed by atoms with E-state index in [9.17, 15) is 18.0 Å². The van der Waals surface area contributed by atoms with Crippen LogP contribution in [0.5, 0.6) is 0 Å². The van der Waals surface area contributed by atoms with E-state index in [2.05, 4.69) is 4.74 Å². The van der Waals surface area contributed by atoms with Crippen molar-refractivity contribution in [2.24, 2.45) is 11.7 Å². The first-order valence-corrected chi connectivity index (χ1v) is 4.77. The van der Waals surface area contributed by atoms with Crippen LogP contribution in [0, 0.1) is 17.2 Å². The van der Waals surface area contributed by atoms with Crippen LogP contribution < -0.4 is 5.73 Å². The number of hydrogen-bond donors (Lipinski definition) is 1. The molecule has 1 saturated carbocycles. The largest absolute Gasteiger partial charge is 0.490 e. The fourth-order valence-corrected chi connectivity index (χ4v) is 1.74. The van der Waals surface area contributed by atoms with Crippen molar-refractivity contribution >= 4 is 5.97 Å². The van der Waals surface area contributed by atoms with E-state index in [1.807, 2.05) is 0 Å². The molecule has 4 nitrogen and oxygen atoms in total. The number of nitrogens with zero attached hydrogens (tertiary/aromatic N) is 1. The number of esters is 1. The van der Waals surface area contributed by atoms with Gasteiger partial charge >= 0.3 is 12.1 Å². The zero-order chi connectivity index (χ0) is 12.3. The molecule has 3 atom stereocenters. The van der Waals surface area contributed by atoms with Gasteiger partial charge in [-0.3, -0.25) is 0 Å². The third kappa shape index (κ3) is 3.10. The van der Waals surface area contributed by atoms with Gasteiger partial charge in [0.05, 0.1) is 0 Å². The van der Waals surface area contributed by atoms with Crippen LogP contribution in [0.3, 0.4) is 0 Å². The Kier molecular flexibility index (Phi) is 3.75. The quantitative estimate of drug-likeness (QED) is 0.728. The average Bonchev–Trinajstić information content (AvgIpc) is 2.59. The summed E-state index contributed by atoms with van der Waals surface area (Å²) in [5.41, 5.74) is 5.56. The SMILES string of the molecule is N#CC(OC(=O)C(F)(F)F)[C@H]1CC[C@@H](N)C1. The van der Waals surface area contributed by atoms with Crippen molar-refractivity contribution in [3.63, 3.8) is 0 Å². The molecule has 1 rings (SSSR count). The fourth-order valence-electron chi connectivity index (χ4n) is 1.74. The number of ether oxygens (including phenoxy) is 1. The number of carbonyl (C=O) groups is 1. The Morgan fingerprint density at radius 3 is 2.50 bits per heavy atom. The number of nitrogens with two attached hydrogens (primary N) is 1. The lowest BCUT2D eigenvalue weighted by atomic mass is 10.0. The Morgan fingerprint density at radius 2 is 2.12 bits per heavy atom. The normalized spacial score (nSPS) is 27.2. The number of carbonyl (C=O) groups excluding carboxylic acids is 1. The van der Waals surface area contributed by atoms with Crippen molar-refractivity contribution in [3.05, 3.63) is 0 Å². The Morgan fingerprint density at radius 1 is 1.50 bits per heavy atom. The van der Waals surface area contributed by atoms with Crippen molar-refractivity contribution in [2.75, 3.05) is 0 Å². The maximum absolute atomic E-state index is 11.9. The van der Waals surface area contributed by atoms with E-state index >= 15 is 0 Å². The lowest BCUT2D eigenvalue weighted by Crippen LogP contribution is -2.33. The fraction of sp³-hybridized carbons (Fsp3) is 0.778. The Labute approximate surface area is 90.2 Å². The van der Waals surface area contributed by atoms with Crippen LogP contribution in [0.2, 0.25) is 0 Å². The van der Waals surface area contributed by atoms with Crippen molar-refractivity contribution in [1.29, 1.82) is 5.26 Å². The molecule has 0 aromatic rings. The molecule has 7 heteroatoms. The molecule has 0 amide bonds. The van der Waals surface area contributed by atoms with Gasteiger partial charge in [-0.1, -0.05) is 0 Å². The molecule has 1 aliphatic carbocycles. The summed E-state index contributed by atoms with van der Waals surface area (Å²) >= 11 is 0. The molecule has 0 aromatic carbocycles. The maximum atomic E-state index is 11.9. The average molecular weight is 236 g/mol. The minimum absolute atomic E-state index is 0.134. The van der Waals surface area contributed by atoms with Crippen molar-refractivity contribution in [2.45, 2.75) is 37.6 Å². The summed E-state index contributed by atoms with van der Waals surface area (Å²) < 4.78 is 39.8. The van der Waals surface area contributed by atoms with Crippen molar-refractivity contribution < 1.29 is 22.7 Å². The highest BCUT2D eigenvalue weighted by Crippen LogP contribution is 2.29. The summed E-state index contributed by atoms with van der Waals surface area (Å²) in [7, 11) is 0. The minimum Gasteiger partial charge on any atom is -0.440 e. The second-order valence-electron chi connectivity index (χ2n) is 3.79. The monoisotopic (exact) mass is 236 g/mol. The van der Waals surface area contributed by atoms with Gasteiger partial charge in [0, 0.05) is 12.0 Å². The van der Waals surface area contributed by atoms with E-state index in [1.165, 1.54) is 0 Å². The molecule has 0 radical (unpaired) electrons. The summed E-state index contributed by atoms with van der Waals surface area (Å²) in [4.78, 5) is 10.5. The number of halogens is 3. The van der Waals surface area contributed by atoms with Crippen LogP contribution in [0.15, 0.2) is 0 Å². The number of alkyl halides is 3. The molecule has 0 aliphatic heterocycles. The van der Waals surface area contributed by atoms with Crippen LogP contribution in [-0.2, 0) is 9.53 Å². The van der Waals surface area contributed by atoms with Gasteiger partial charge in [0.1, 0.15) is 6.07 Å². The zero-order valence-corrected chi connectivity index (χ0v) is 8.33. The summed E-state index contributed by atoms with van der Waals surface area (Å²) in [6.07, 6.45) is -4.88. The number of hydrogen-bond acceptors (Lipinski definition) is 4. The van der Waals surface area contributed by atoms with Gasteiger partial charge in [0.25, 0.3) is 0 Å². The molecular weight excluding hydrogens is 225 g/mol. The topological polar surface area (TPSA) is 76.1 Å². The Bertz CT molecular complexity index is 311. The molecule has 0 saturated heterocycles. The molecular formula is C9H11F3N2O2. The zero-order valence-electron chi connectivity index (χ0n) is 8.33. The van der Waals surface area contributed by atoms with E-state index in [-0.39, 0.29) is 6.04 Å². The van der Waals surface area contributed by atoms with E-state index in [1.54, 1.807) is 6.07 Å². The Hall–Kier alpha value is -1.29. The van der Waals surface area contributed by atoms with E-state index in [0.717, 1.165) is 0 Å². The summed E-state index contributed by atoms with van der Waals surface area (Å²) in [5, 5.41) is 8.65. The van der Waals surface area contributed by atoms with Crippen molar-refractivity contribution in [1.82, 2.24) is 0 Å². The molecule has 16 heavy (non-hydrogen) atoms. The predicted octanol–water partition coefficient (Wildman–Crippen LogP) is 1.11. The summed E-state index contributed by atoms with van der Waals surface area (Å²) in [6.45, 7) is 0. The highest BCUT2D eigenvalue weighted by atomic mass is 19.4. The second kappa shape index (κ2) is 4.70.